The molecule has 0 saturated heterocycles. The Labute approximate surface area is 179 Å². The molecule has 0 radical (unpaired) electrons. The van der Waals surface area contributed by atoms with Crippen LogP contribution in [0.25, 0.3) is 11.5 Å². The van der Waals surface area contributed by atoms with Gasteiger partial charge in [0.25, 0.3) is 0 Å². The van der Waals surface area contributed by atoms with Gasteiger partial charge in [-0.2, -0.15) is 5.10 Å². The van der Waals surface area contributed by atoms with Gasteiger partial charge in [0.2, 0.25) is 0 Å². The van der Waals surface area contributed by atoms with Gasteiger partial charge in [-0.05, 0) is 25.5 Å². The van der Waals surface area contributed by atoms with Crippen LogP contribution in [-0.4, -0.2) is 19.7 Å². The third kappa shape index (κ3) is 3.23. The van der Waals surface area contributed by atoms with Gasteiger partial charge in [0.15, 0.2) is 5.82 Å². The van der Waals surface area contributed by atoms with Gasteiger partial charge in [-0.25, -0.2) is 14.4 Å². The Bertz CT molecular complexity index is 1200. The maximum atomic E-state index is 14.1. The summed E-state index contributed by atoms with van der Waals surface area (Å²) in [6, 6.07) is 8.55. The van der Waals surface area contributed by atoms with E-state index < -0.39 is 5.41 Å². The van der Waals surface area contributed by atoms with E-state index in [0.29, 0.717) is 46.4 Å². The van der Waals surface area contributed by atoms with Crippen molar-refractivity contribution in [1.29, 1.82) is 0 Å². The lowest BCUT2D eigenvalue weighted by atomic mass is 9.80. The lowest BCUT2D eigenvalue weighted by Gasteiger charge is -2.27. The molecule has 0 amide bonds. The van der Waals surface area contributed by atoms with Gasteiger partial charge in [0.1, 0.15) is 23.1 Å². The van der Waals surface area contributed by atoms with E-state index in [4.69, 9.17) is 11.6 Å². The highest BCUT2D eigenvalue weighted by atomic mass is 19.1. The molecular weight excluding hydrogens is 395 g/mol. The number of fused-ring (bicyclic) bond motifs is 1. The zero-order chi connectivity index (χ0) is 22.3. The van der Waals surface area contributed by atoms with Gasteiger partial charge in [-0.15, -0.1) is 0 Å². The topological polar surface area (TPSA) is 120 Å². The molecule has 1 unspecified atom stereocenters. The molecule has 3 aromatic rings. The Morgan fingerprint density at radius 3 is 2.74 bits per heavy atom. The first-order valence-corrected chi connectivity index (χ1v) is 9.90. The van der Waals surface area contributed by atoms with Crippen LogP contribution in [0.4, 0.5) is 16.0 Å². The highest BCUT2D eigenvalue weighted by Gasteiger charge is 2.44. The van der Waals surface area contributed by atoms with Crippen molar-refractivity contribution in [2.45, 2.75) is 32.2 Å². The molecule has 8 nitrogen and oxygen atoms in total. The summed E-state index contributed by atoms with van der Waals surface area (Å²) in [4.78, 5) is 9.14. The van der Waals surface area contributed by atoms with Crippen molar-refractivity contribution in [3.63, 3.8) is 0 Å². The van der Waals surface area contributed by atoms with Crippen LogP contribution in [0, 0.1) is 5.82 Å². The molecule has 31 heavy (non-hydrogen) atoms. The number of nitrogens with zero attached hydrogens (tertiary/aromatic N) is 4. The Hall–Kier alpha value is -3.72. The number of halogens is 1. The Balaban J connectivity index is 1.76. The number of aromatic nitrogens is 4. The highest BCUT2D eigenvalue weighted by Crippen LogP contribution is 2.48. The van der Waals surface area contributed by atoms with Crippen LogP contribution in [0.3, 0.4) is 0 Å². The zero-order valence-corrected chi connectivity index (χ0v) is 17.5. The average Bonchev–Trinajstić information content (AvgIpc) is 3.28. The molecule has 1 aliphatic heterocycles. The number of hydrogen-bond donors (Lipinski definition) is 4. The number of hydrazine groups is 1. The maximum Gasteiger partial charge on any atom is 0.184 e. The van der Waals surface area contributed by atoms with Crippen molar-refractivity contribution in [1.82, 2.24) is 25.2 Å². The van der Waals surface area contributed by atoms with Gasteiger partial charge in [0, 0.05) is 22.7 Å². The first-order chi connectivity index (χ1) is 14.8. The molecule has 0 aliphatic carbocycles. The van der Waals surface area contributed by atoms with Crippen molar-refractivity contribution in [3.8, 4) is 11.5 Å². The van der Waals surface area contributed by atoms with E-state index in [2.05, 4.69) is 39.0 Å². The quantitative estimate of drug-likeness (QED) is 0.357. The van der Waals surface area contributed by atoms with E-state index in [0.717, 1.165) is 12.1 Å². The molecule has 0 saturated carbocycles. The van der Waals surface area contributed by atoms with Gasteiger partial charge in [0.05, 0.1) is 17.5 Å². The van der Waals surface area contributed by atoms with Crippen LogP contribution in [-0.2, 0) is 18.4 Å². The lowest BCUT2D eigenvalue weighted by Crippen LogP contribution is -2.36. The van der Waals surface area contributed by atoms with Crippen molar-refractivity contribution in [2.75, 3.05) is 11.1 Å². The van der Waals surface area contributed by atoms with Crippen LogP contribution in [0.2, 0.25) is 0 Å². The third-order valence-corrected chi connectivity index (χ3v) is 5.82. The summed E-state index contributed by atoms with van der Waals surface area (Å²) in [5.74, 6) is 6.52. The lowest BCUT2D eigenvalue weighted by molar-refractivity contribution is 0.577. The maximum absolute atomic E-state index is 14.1. The molecule has 9 heteroatoms. The molecule has 3 heterocycles. The van der Waals surface area contributed by atoms with Gasteiger partial charge >= 0.3 is 0 Å². The van der Waals surface area contributed by atoms with E-state index in [-0.39, 0.29) is 11.6 Å². The average molecular weight is 420 g/mol. The third-order valence-electron chi connectivity index (χ3n) is 5.82. The smallest absolute Gasteiger partial charge is 0.184 e. The van der Waals surface area contributed by atoms with E-state index in [1.54, 1.807) is 22.9 Å². The summed E-state index contributed by atoms with van der Waals surface area (Å²) in [5, 5.41) is 7.80. The fourth-order valence-electron chi connectivity index (χ4n) is 3.85. The summed E-state index contributed by atoms with van der Waals surface area (Å²) in [7, 11) is 0. The standard InChI is InChI=1S/C22H25FN8/c1-5-15-10-17(30-31(15)11-14-8-6-7-9-16(14)23)20-27-19(24)18-21(28-20)26-12(2)22(18,4)13(3)29-25/h6-10,29H,2-3,5,11,25H2,1,4H3,(H3,24,26,27,28). The predicted octanol–water partition coefficient (Wildman–Crippen LogP) is 2.85. The number of nitrogens with two attached hydrogens (primary N) is 2. The summed E-state index contributed by atoms with van der Waals surface area (Å²) in [6.45, 7) is 12.3. The number of benzene rings is 1. The number of aryl methyl sites for hydroxylation is 1. The van der Waals surface area contributed by atoms with Crippen molar-refractivity contribution in [3.05, 3.63) is 77.5 Å². The minimum absolute atomic E-state index is 0.268. The molecule has 4 rings (SSSR count). The van der Waals surface area contributed by atoms with Crippen molar-refractivity contribution < 1.29 is 4.39 Å². The Kier molecular flexibility index (Phi) is 4.98. The van der Waals surface area contributed by atoms with E-state index in [1.165, 1.54) is 6.07 Å². The van der Waals surface area contributed by atoms with Gasteiger partial charge in [-0.3, -0.25) is 10.5 Å². The molecule has 2 aromatic heterocycles. The molecule has 6 N–H and O–H groups in total. The highest BCUT2D eigenvalue weighted by molar-refractivity contribution is 5.75. The van der Waals surface area contributed by atoms with Crippen LogP contribution >= 0.6 is 0 Å². The largest absolute Gasteiger partial charge is 0.383 e. The minimum atomic E-state index is -0.758. The minimum Gasteiger partial charge on any atom is -0.383 e. The first kappa shape index (κ1) is 20.5. The van der Waals surface area contributed by atoms with E-state index >= 15 is 0 Å². The number of nitrogen functional groups attached to an aromatic ring is 1. The number of rotatable bonds is 6. The molecule has 160 valence electrons. The molecule has 1 atom stereocenters. The number of anilines is 2. The van der Waals surface area contributed by atoms with Gasteiger partial charge < -0.3 is 16.5 Å². The second kappa shape index (κ2) is 7.51. The molecule has 1 aliphatic rings. The fourth-order valence-corrected chi connectivity index (χ4v) is 3.85. The summed E-state index contributed by atoms with van der Waals surface area (Å²) >= 11 is 0. The van der Waals surface area contributed by atoms with Crippen molar-refractivity contribution in [2.24, 2.45) is 5.84 Å². The molecule has 0 bridgehead atoms. The van der Waals surface area contributed by atoms with Crippen molar-refractivity contribution >= 4 is 11.6 Å². The number of hydrogen-bond acceptors (Lipinski definition) is 7. The second-order valence-electron chi connectivity index (χ2n) is 7.63. The molecule has 0 fully saturated rings. The zero-order valence-electron chi connectivity index (χ0n) is 17.5. The second-order valence-corrected chi connectivity index (χ2v) is 7.63. The normalized spacial score (nSPS) is 17.4. The van der Waals surface area contributed by atoms with Crippen LogP contribution in [0.15, 0.2) is 54.9 Å². The molecule has 0 spiro atoms. The van der Waals surface area contributed by atoms with Crippen LogP contribution < -0.4 is 22.3 Å². The SMILES string of the molecule is C=C(NN)C1(C)C(=C)Nc2nc(-c3cc(CC)n(Cc4ccccc4F)n3)nc(N)c21. The Morgan fingerprint density at radius 2 is 2.06 bits per heavy atom. The van der Waals surface area contributed by atoms with E-state index in [9.17, 15) is 4.39 Å². The van der Waals surface area contributed by atoms with Crippen LogP contribution in [0.5, 0.6) is 0 Å². The monoisotopic (exact) mass is 420 g/mol. The number of nitrogens with one attached hydrogen (secondary N) is 2. The van der Waals surface area contributed by atoms with E-state index in [1.807, 2.05) is 19.9 Å². The molecule has 1 aromatic carbocycles. The first-order valence-electron chi connectivity index (χ1n) is 9.90. The fraction of sp³-hybridized carbons (Fsp3) is 0.227. The summed E-state index contributed by atoms with van der Waals surface area (Å²) in [6.07, 6.45) is 0.719. The molecular formula is C22H25FN8. The predicted molar refractivity (Wildman–Crippen MR) is 119 cm³/mol. The summed E-state index contributed by atoms with van der Waals surface area (Å²) < 4.78 is 15.9. The van der Waals surface area contributed by atoms with Crippen LogP contribution in [0.1, 0.15) is 30.7 Å². The van der Waals surface area contributed by atoms with Gasteiger partial charge in [-0.1, -0.05) is 38.3 Å². The summed E-state index contributed by atoms with van der Waals surface area (Å²) in [5.41, 5.74) is 12.0. The Morgan fingerprint density at radius 1 is 1.32 bits per heavy atom.